The van der Waals surface area contributed by atoms with Crippen molar-refractivity contribution in [3.05, 3.63) is 0 Å². The van der Waals surface area contributed by atoms with Crippen LogP contribution in [0.15, 0.2) is 0 Å². The molecular weight excluding hydrogens is 224 g/mol. The number of nitrogens with zero attached hydrogens (tertiary/aromatic N) is 1. The number of rotatable bonds is 5. The molecule has 3 nitrogen and oxygen atoms in total. The summed E-state index contributed by atoms with van der Waals surface area (Å²) in [5, 5.41) is 3.70. The van der Waals surface area contributed by atoms with Gasteiger partial charge in [0.25, 0.3) is 0 Å². The third kappa shape index (κ3) is 3.06. The minimum absolute atomic E-state index is 0.530. The zero-order valence-corrected chi connectivity index (χ0v) is 12.5. The molecule has 18 heavy (non-hydrogen) atoms. The molecule has 1 N–H and O–H groups in total. The molecular formula is C15H30N2O. The molecule has 1 aliphatic heterocycles. The highest BCUT2D eigenvalue weighted by Gasteiger charge is 2.40. The highest BCUT2D eigenvalue weighted by atomic mass is 16.5. The molecule has 2 fully saturated rings. The summed E-state index contributed by atoms with van der Waals surface area (Å²) in [5.74, 6) is 0.737. The van der Waals surface area contributed by atoms with Gasteiger partial charge in [0.1, 0.15) is 0 Å². The second-order valence-electron chi connectivity index (χ2n) is 6.22. The van der Waals surface area contributed by atoms with Gasteiger partial charge in [-0.05, 0) is 32.1 Å². The van der Waals surface area contributed by atoms with E-state index in [0.717, 1.165) is 25.1 Å². The van der Waals surface area contributed by atoms with Crippen molar-refractivity contribution in [2.75, 3.05) is 19.7 Å². The van der Waals surface area contributed by atoms with Crippen molar-refractivity contribution < 1.29 is 4.74 Å². The van der Waals surface area contributed by atoms with Gasteiger partial charge in [0.15, 0.2) is 0 Å². The molecule has 1 heterocycles. The summed E-state index contributed by atoms with van der Waals surface area (Å²) in [6.45, 7) is 12.3. The van der Waals surface area contributed by atoms with Gasteiger partial charge in [-0.2, -0.15) is 0 Å². The Labute approximate surface area is 112 Å². The van der Waals surface area contributed by atoms with Crippen molar-refractivity contribution >= 4 is 0 Å². The van der Waals surface area contributed by atoms with Crippen LogP contribution >= 0.6 is 0 Å². The number of ether oxygens (including phenoxy) is 1. The zero-order valence-electron chi connectivity index (χ0n) is 12.5. The van der Waals surface area contributed by atoms with Gasteiger partial charge in [0.2, 0.25) is 0 Å². The quantitative estimate of drug-likeness (QED) is 0.814. The van der Waals surface area contributed by atoms with E-state index in [0.29, 0.717) is 18.2 Å². The summed E-state index contributed by atoms with van der Waals surface area (Å²) < 4.78 is 5.71. The highest BCUT2D eigenvalue weighted by molar-refractivity contribution is 4.96. The van der Waals surface area contributed by atoms with Crippen LogP contribution in [-0.4, -0.2) is 48.8 Å². The molecule has 0 amide bonds. The van der Waals surface area contributed by atoms with Crippen LogP contribution in [0.1, 0.15) is 47.0 Å². The summed E-state index contributed by atoms with van der Waals surface area (Å²) in [4.78, 5) is 2.77. The maximum atomic E-state index is 5.71. The first-order valence-electron chi connectivity index (χ1n) is 7.76. The third-order valence-corrected chi connectivity index (χ3v) is 4.68. The van der Waals surface area contributed by atoms with Crippen molar-refractivity contribution in [3.8, 4) is 0 Å². The molecule has 2 rings (SSSR count). The van der Waals surface area contributed by atoms with Crippen LogP contribution in [0.4, 0.5) is 0 Å². The van der Waals surface area contributed by atoms with Crippen molar-refractivity contribution in [1.29, 1.82) is 0 Å². The summed E-state index contributed by atoms with van der Waals surface area (Å²) in [6.07, 6.45) is 4.26. The fourth-order valence-corrected chi connectivity index (χ4v) is 3.35. The predicted molar refractivity (Wildman–Crippen MR) is 75.8 cm³/mol. The molecule has 0 aromatic rings. The van der Waals surface area contributed by atoms with Crippen LogP contribution in [0.3, 0.4) is 0 Å². The largest absolute Gasteiger partial charge is 0.378 e. The summed E-state index contributed by atoms with van der Waals surface area (Å²) in [5.41, 5.74) is 0. The molecule has 0 spiro atoms. The van der Waals surface area contributed by atoms with Gasteiger partial charge in [0.05, 0.1) is 6.10 Å². The first-order chi connectivity index (χ1) is 8.65. The minimum Gasteiger partial charge on any atom is -0.378 e. The fourth-order valence-electron chi connectivity index (χ4n) is 3.35. The molecule has 2 atom stereocenters. The van der Waals surface area contributed by atoms with Crippen LogP contribution in [0.2, 0.25) is 0 Å². The van der Waals surface area contributed by atoms with Crippen LogP contribution in [0.5, 0.6) is 0 Å². The number of nitrogens with one attached hydrogen (secondary N) is 1. The van der Waals surface area contributed by atoms with Gasteiger partial charge in [-0.1, -0.05) is 20.8 Å². The predicted octanol–water partition coefficient (Wildman–Crippen LogP) is 2.26. The van der Waals surface area contributed by atoms with E-state index in [1.54, 1.807) is 0 Å². The maximum absolute atomic E-state index is 5.71. The second kappa shape index (κ2) is 6.36. The van der Waals surface area contributed by atoms with E-state index < -0.39 is 0 Å². The van der Waals surface area contributed by atoms with E-state index in [4.69, 9.17) is 4.74 Å². The first kappa shape index (κ1) is 14.3. The molecule has 0 bridgehead atoms. The van der Waals surface area contributed by atoms with Crippen LogP contribution in [0.25, 0.3) is 0 Å². The summed E-state index contributed by atoms with van der Waals surface area (Å²) in [7, 11) is 0. The molecule has 0 aromatic heterocycles. The maximum Gasteiger partial charge on any atom is 0.0604 e. The Balaban J connectivity index is 1.90. The topological polar surface area (TPSA) is 24.5 Å². The van der Waals surface area contributed by atoms with E-state index in [9.17, 15) is 0 Å². The lowest BCUT2D eigenvalue weighted by atomic mass is 9.84. The Morgan fingerprint density at radius 1 is 1.28 bits per heavy atom. The van der Waals surface area contributed by atoms with Crippen molar-refractivity contribution in [1.82, 2.24) is 10.2 Å². The lowest BCUT2D eigenvalue weighted by Gasteiger charge is -2.51. The fraction of sp³-hybridized carbons (Fsp3) is 1.00. The van der Waals surface area contributed by atoms with Gasteiger partial charge < -0.3 is 10.1 Å². The number of hydrogen-bond acceptors (Lipinski definition) is 3. The Morgan fingerprint density at radius 2 is 2.00 bits per heavy atom. The van der Waals surface area contributed by atoms with Gasteiger partial charge >= 0.3 is 0 Å². The van der Waals surface area contributed by atoms with E-state index in [1.165, 1.54) is 25.8 Å². The lowest BCUT2D eigenvalue weighted by Crippen LogP contribution is -2.63. The van der Waals surface area contributed by atoms with Crippen molar-refractivity contribution in [3.63, 3.8) is 0 Å². The van der Waals surface area contributed by atoms with E-state index in [1.807, 2.05) is 0 Å². The Bertz CT molecular complexity index is 251. The summed E-state index contributed by atoms with van der Waals surface area (Å²) >= 11 is 0. The van der Waals surface area contributed by atoms with Crippen LogP contribution in [-0.2, 0) is 4.74 Å². The van der Waals surface area contributed by atoms with Crippen LogP contribution < -0.4 is 5.32 Å². The Morgan fingerprint density at radius 3 is 2.56 bits per heavy atom. The third-order valence-electron chi connectivity index (χ3n) is 4.68. The van der Waals surface area contributed by atoms with Crippen molar-refractivity contribution in [2.24, 2.45) is 5.92 Å². The highest BCUT2D eigenvalue weighted by Crippen LogP contribution is 2.32. The van der Waals surface area contributed by atoms with Crippen molar-refractivity contribution in [2.45, 2.75) is 71.2 Å². The molecule has 0 aromatic carbocycles. The monoisotopic (exact) mass is 254 g/mol. The average molecular weight is 254 g/mol. The van der Waals surface area contributed by atoms with Gasteiger partial charge in [-0.3, -0.25) is 4.90 Å². The Hall–Kier alpha value is -0.120. The molecule has 2 unspecified atom stereocenters. The normalized spacial score (nSPS) is 37.8. The van der Waals surface area contributed by atoms with Gasteiger partial charge in [-0.25, -0.2) is 0 Å². The molecule has 1 saturated heterocycles. The second-order valence-corrected chi connectivity index (χ2v) is 6.22. The average Bonchev–Trinajstić information content (AvgIpc) is 2.32. The van der Waals surface area contributed by atoms with Gasteiger partial charge in [-0.15, -0.1) is 0 Å². The zero-order chi connectivity index (χ0) is 13.1. The number of hydrogen-bond donors (Lipinski definition) is 1. The molecule has 3 heteroatoms. The Kier molecular flexibility index (Phi) is 5.05. The van der Waals surface area contributed by atoms with E-state index >= 15 is 0 Å². The molecule has 1 saturated carbocycles. The standard InChI is InChI=1S/C15H30N2O/c1-5-12-10-17(15(9-16-12)11(3)4)13-7-14(8-13)18-6-2/h11-16H,5-10H2,1-4H3. The smallest absolute Gasteiger partial charge is 0.0604 e. The minimum atomic E-state index is 0.530. The van der Waals surface area contributed by atoms with E-state index in [2.05, 4.69) is 37.9 Å². The summed E-state index contributed by atoms with van der Waals surface area (Å²) in [6, 6.07) is 2.16. The van der Waals surface area contributed by atoms with Gasteiger partial charge in [0, 0.05) is 37.8 Å². The van der Waals surface area contributed by atoms with E-state index in [-0.39, 0.29) is 0 Å². The lowest BCUT2D eigenvalue weighted by molar-refractivity contribution is -0.0727. The first-order valence-corrected chi connectivity index (χ1v) is 7.76. The molecule has 1 aliphatic carbocycles. The molecule has 0 radical (unpaired) electrons. The molecule has 106 valence electrons. The SMILES string of the molecule is CCOC1CC(N2CC(CC)NCC2C(C)C)C1. The number of piperazine rings is 1. The van der Waals surface area contributed by atoms with Crippen LogP contribution in [0, 0.1) is 5.92 Å². The molecule has 2 aliphatic rings.